The predicted octanol–water partition coefficient (Wildman–Crippen LogP) is 2.18. The monoisotopic (exact) mass is 235 g/mol. The van der Waals surface area contributed by atoms with Crippen LogP contribution >= 0.6 is 0 Å². The Morgan fingerprint density at radius 1 is 1.31 bits per heavy atom. The van der Waals surface area contributed by atoms with Crippen molar-refractivity contribution < 1.29 is 23.4 Å². The molecule has 0 heterocycles. The molecule has 0 radical (unpaired) electrons. The van der Waals surface area contributed by atoms with Crippen molar-refractivity contribution in [1.82, 2.24) is 0 Å². The van der Waals surface area contributed by atoms with Crippen LogP contribution in [0.1, 0.15) is 24.0 Å². The van der Waals surface area contributed by atoms with Gasteiger partial charge in [-0.1, -0.05) is 6.92 Å². The lowest BCUT2D eigenvalue weighted by Gasteiger charge is -2.19. The van der Waals surface area contributed by atoms with Gasteiger partial charge in [0, 0.05) is 5.56 Å². The summed E-state index contributed by atoms with van der Waals surface area (Å²) in [6.07, 6.45) is -4.58. The van der Waals surface area contributed by atoms with Gasteiger partial charge in [-0.05, 0) is 24.6 Å². The number of halogens is 3. The number of alkyl halides is 3. The van der Waals surface area contributed by atoms with E-state index >= 15 is 0 Å². The number of rotatable bonds is 2. The number of benzene rings is 1. The molecule has 4 N–H and O–H groups in total. The van der Waals surface area contributed by atoms with Gasteiger partial charge in [0.2, 0.25) is 0 Å². The van der Waals surface area contributed by atoms with Crippen LogP contribution < -0.4 is 5.73 Å². The maximum absolute atomic E-state index is 12.6. The SMILES string of the molecule is CC(CN)c1c(C(F)(F)F)ccc(O)c1O. The molecule has 0 saturated heterocycles. The van der Waals surface area contributed by atoms with Crippen molar-refractivity contribution in [1.29, 1.82) is 0 Å². The fourth-order valence-corrected chi connectivity index (χ4v) is 1.46. The molecule has 0 saturated carbocycles. The summed E-state index contributed by atoms with van der Waals surface area (Å²) in [5.74, 6) is -2.03. The molecule has 1 atom stereocenters. The number of hydrogen-bond donors (Lipinski definition) is 3. The lowest BCUT2D eigenvalue weighted by Crippen LogP contribution is -2.16. The molecule has 3 nitrogen and oxygen atoms in total. The van der Waals surface area contributed by atoms with Crippen LogP contribution in [0.25, 0.3) is 0 Å². The third-order valence-electron chi connectivity index (χ3n) is 2.35. The smallest absolute Gasteiger partial charge is 0.416 e. The van der Waals surface area contributed by atoms with Gasteiger partial charge in [0.25, 0.3) is 0 Å². The molecule has 0 spiro atoms. The highest BCUT2D eigenvalue weighted by Gasteiger charge is 2.36. The molecule has 1 aromatic carbocycles. The number of phenols is 2. The molecule has 0 fully saturated rings. The first-order valence-electron chi connectivity index (χ1n) is 4.61. The van der Waals surface area contributed by atoms with Crippen LogP contribution in [0.2, 0.25) is 0 Å². The normalized spacial score (nSPS) is 13.8. The van der Waals surface area contributed by atoms with Crippen LogP contribution in [0.15, 0.2) is 12.1 Å². The van der Waals surface area contributed by atoms with Gasteiger partial charge >= 0.3 is 6.18 Å². The van der Waals surface area contributed by atoms with E-state index in [0.717, 1.165) is 12.1 Å². The van der Waals surface area contributed by atoms with E-state index in [9.17, 15) is 23.4 Å². The van der Waals surface area contributed by atoms with E-state index in [2.05, 4.69) is 0 Å². The van der Waals surface area contributed by atoms with Crippen LogP contribution in [0.3, 0.4) is 0 Å². The summed E-state index contributed by atoms with van der Waals surface area (Å²) in [6, 6.07) is 1.54. The fourth-order valence-electron chi connectivity index (χ4n) is 1.46. The van der Waals surface area contributed by atoms with Crippen molar-refractivity contribution in [3.05, 3.63) is 23.3 Å². The van der Waals surface area contributed by atoms with Crippen LogP contribution in [-0.4, -0.2) is 16.8 Å². The molecular weight excluding hydrogens is 223 g/mol. The zero-order chi connectivity index (χ0) is 12.5. The molecule has 0 aliphatic carbocycles. The molecule has 0 aliphatic heterocycles. The van der Waals surface area contributed by atoms with Crippen molar-refractivity contribution in [3.63, 3.8) is 0 Å². The molecule has 90 valence electrons. The van der Waals surface area contributed by atoms with Crippen LogP contribution in [-0.2, 0) is 6.18 Å². The molecule has 0 aliphatic rings. The highest BCUT2D eigenvalue weighted by molar-refractivity contribution is 5.51. The van der Waals surface area contributed by atoms with E-state index in [1.54, 1.807) is 0 Å². The molecule has 1 rings (SSSR count). The van der Waals surface area contributed by atoms with Gasteiger partial charge in [0.05, 0.1) is 5.56 Å². The summed E-state index contributed by atoms with van der Waals surface area (Å²) in [6.45, 7) is 1.39. The highest BCUT2D eigenvalue weighted by atomic mass is 19.4. The first-order chi connectivity index (χ1) is 7.29. The van der Waals surface area contributed by atoms with Crippen molar-refractivity contribution in [2.75, 3.05) is 6.54 Å². The second kappa shape index (κ2) is 4.21. The van der Waals surface area contributed by atoms with Crippen LogP contribution in [0.4, 0.5) is 13.2 Å². The molecular formula is C10H12F3NO2. The van der Waals surface area contributed by atoms with Crippen molar-refractivity contribution in [3.8, 4) is 11.5 Å². The van der Waals surface area contributed by atoms with Crippen molar-refractivity contribution in [2.45, 2.75) is 19.0 Å². The Morgan fingerprint density at radius 2 is 1.88 bits per heavy atom. The van der Waals surface area contributed by atoms with Gasteiger partial charge in [-0.15, -0.1) is 0 Å². The van der Waals surface area contributed by atoms with E-state index in [1.807, 2.05) is 0 Å². The number of nitrogens with two attached hydrogens (primary N) is 1. The van der Waals surface area contributed by atoms with Crippen LogP contribution in [0.5, 0.6) is 11.5 Å². The minimum absolute atomic E-state index is 0.0555. The Morgan fingerprint density at radius 3 is 2.31 bits per heavy atom. The third kappa shape index (κ3) is 2.21. The maximum atomic E-state index is 12.6. The van der Waals surface area contributed by atoms with E-state index < -0.39 is 29.2 Å². The van der Waals surface area contributed by atoms with Gasteiger partial charge in [-0.2, -0.15) is 13.2 Å². The summed E-state index contributed by atoms with van der Waals surface area (Å²) in [5, 5.41) is 18.6. The van der Waals surface area contributed by atoms with Gasteiger partial charge in [-0.25, -0.2) is 0 Å². The molecule has 6 heteroatoms. The van der Waals surface area contributed by atoms with E-state index in [1.165, 1.54) is 6.92 Å². The zero-order valence-electron chi connectivity index (χ0n) is 8.54. The Balaban J connectivity index is 3.45. The topological polar surface area (TPSA) is 66.5 Å². The Hall–Kier alpha value is -1.43. The average molecular weight is 235 g/mol. The quantitative estimate of drug-likeness (QED) is 0.688. The summed E-state index contributed by atoms with van der Waals surface area (Å²) < 4.78 is 37.9. The Labute approximate surface area is 90.3 Å². The van der Waals surface area contributed by atoms with E-state index in [4.69, 9.17) is 5.73 Å². The molecule has 0 bridgehead atoms. The average Bonchev–Trinajstić information content (AvgIpc) is 2.19. The fraction of sp³-hybridized carbons (Fsp3) is 0.400. The van der Waals surface area contributed by atoms with Gasteiger partial charge in [-0.3, -0.25) is 0 Å². The number of aromatic hydroxyl groups is 2. The lowest BCUT2D eigenvalue weighted by atomic mass is 9.94. The second-order valence-corrected chi connectivity index (χ2v) is 3.53. The number of hydrogen-bond acceptors (Lipinski definition) is 3. The Kier molecular flexibility index (Phi) is 3.32. The summed E-state index contributed by atoms with van der Waals surface area (Å²) >= 11 is 0. The summed E-state index contributed by atoms with van der Waals surface area (Å²) in [7, 11) is 0. The molecule has 1 unspecified atom stereocenters. The van der Waals surface area contributed by atoms with Crippen LogP contribution in [0, 0.1) is 0 Å². The standard InChI is InChI=1S/C10H12F3NO2/c1-5(4-14)8-6(10(11,12)13)2-3-7(15)9(8)16/h2-3,5,15-16H,4,14H2,1H3. The first-order valence-corrected chi connectivity index (χ1v) is 4.61. The maximum Gasteiger partial charge on any atom is 0.416 e. The predicted molar refractivity (Wildman–Crippen MR) is 52.2 cm³/mol. The van der Waals surface area contributed by atoms with Gasteiger partial charge < -0.3 is 15.9 Å². The largest absolute Gasteiger partial charge is 0.504 e. The molecule has 1 aromatic rings. The minimum atomic E-state index is -4.58. The molecule has 0 amide bonds. The first kappa shape index (κ1) is 12.6. The Bertz CT molecular complexity index is 390. The zero-order valence-corrected chi connectivity index (χ0v) is 8.54. The lowest BCUT2D eigenvalue weighted by molar-refractivity contribution is -0.138. The second-order valence-electron chi connectivity index (χ2n) is 3.53. The number of phenolic OH excluding ortho intramolecular Hbond substituents is 2. The third-order valence-corrected chi connectivity index (χ3v) is 2.35. The van der Waals surface area contributed by atoms with Crippen molar-refractivity contribution in [2.24, 2.45) is 5.73 Å². The summed E-state index contributed by atoms with van der Waals surface area (Å²) in [4.78, 5) is 0. The van der Waals surface area contributed by atoms with Crippen molar-refractivity contribution >= 4 is 0 Å². The van der Waals surface area contributed by atoms with E-state index in [-0.39, 0.29) is 12.1 Å². The molecule has 0 aromatic heterocycles. The van der Waals surface area contributed by atoms with Gasteiger partial charge in [0.15, 0.2) is 11.5 Å². The summed E-state index contributed by atoms with van der Waals surface area (Å²) in [5.41, 5.74) is 3.94. The molecule has 16 heavy (non-hydrogen) atoms. The highest BCUT2D eigenvalue weighted by Crippen LogP contribution is 2.42. The minimum Gasteiger partial charge on any atom is -0.504 e. The van der Waals surface area contributed by atoms with Gasteiger partial charge in [0.1, 0.15) is 0 Å². The van der Waals surface area contributed by atoms with E-state index in [0.29, 0.717) is 0 Å².